The first-order valence-corrected chi connectivity index (χ1v) is 11.1. The third kappa shape index (κ3) is 5.52. The fourth-order valence-corrected chi connectivity index (χ4v) is 4.23. The number of aromatic nitrogens is 1. The van der Waals surface area contributed by atoms with Crippen molar-refractivity contribution in [3.8, 4) is 0 Å². The summed E-state index contributed by atoms with van der Waals surface area (Å²) in [5.74, 6) is -0.746. The molecule has 3 amide bonds. The molecule has 3 aromatic rings. The van der Waals surface area contributed by atoms with Crippen LogP contribution in [-0.4, -0.2) is 46.9 Å². The van der Waals surface area contributed by atoms with E-state index in [1.165, 1.54) is 0 Å². The Morgan fingerprint density at radius 2 is 1.76 bits per heavy atom. The number of carbonyl (C=O) groups excluding carboxylic acids is 3. The van der Waals surface area contributed by atoms with Crippen LogP contribution in [0.3, 0.4) is 0 Å². The molecule has 1 aliphatic heterocycles. The number of rotatable bonds is 7. The summed E-state index contributed by atoms with van der Waals surface area (Å²) in [6, 6.07) is 16.4. The highest BCUT2D eigenvalue weighted by Gasteiger charge is 2.31. The molecule has 8 nitrogen and oxygen atoms in total. The van der Waals surface area contributed by atoms with E-state index in [0.717, 1.165) is 22.0 Å². The summed E-state index contributed by atoms with van der Waals surface area (Å²) in [5.41, 5.74) is 8.18. The van der Waals surface area contributed by atoms with Gasteiger partial charge in [-0.1, -0.05) is 48.5 Å². The highest BCUT2D eigenvalue weighted by molar-refractivity contribution is 5.88. The van der Waals surface area contributed by atoms with Gasteiger partial charge in [0.2, 0.25) is 11.8 Å². The number of fused-ring (bicyclic) bond motifs is 1. The van der Waals surface area contributed by atoms with Gasteiger partial charge in [0.15, 0.2) is 0 Å². The van der Waals surface area contributed by atoms with Gasteiger partial charge in [-0.3, -0.25) is 9.59 Å². The molecule has 1 atom stereocenters. The lowest BCUT2D eigenvalue weighted by Crippen LogP contribution is -2.52. The number of aromatic amines is 1. The van der Waals surface area contributed by atoms with Crippen molar-refractivity contribution in [1.29, 1.82) is 0 Å². The van der Waals surface area contributed by atoms with E-state index in [9.17, 15) is 14.4 Å². The van der Waals surface area contributed by atoms with Crippen molar-refractivity contribution in [3.05, 3.63) is 71.9 Å². The first-order chi connectivity index (χ1) is 16.0. The van der Waals surface area contributed by atoms with Gasteiger partial charge in [0.05, 0.1) is 0 Å². The van der Waals surface area contributed by atoms with E-state index in [1.54, 1.807) is 4.90 Å². The van der Waals surface area contributed by atoms with Crippen molar-refractivity contribution in [2.24, 2.45) is 11.7 Å². The standard InChI is InChI=1S/C25H28N4O4/c26-23(30)18-10-12-29(13-11-18)24(31)22(14-19-15-27-21-9-5-4-8-20(19)21)28-25(32)33-16-17-6-2-1-3-7-17/h1-9,15,18,22,27H,10-14,16H2,(H2,26,30)(H,28,32)/t22-/m1/s1. The Balaban J connectivity index is 1.47. The number of benzene rings is 2. The monoisotopic (exact) mass is 448 g/mol. The van der Waals surface area contributed by atoms with E-state index in [4.69, 9.17) is 10.5 Å². The lowest BCUT2D eigenvalue weighted by Gasteiger charge is -2.33. The second-order valence-corrected chi connectivity index (χ2v) is 8.32. The molecule has 0 radical (unpaired) electrons. The Morgan fingerprint density at radius 3 is 2.48 bits per heavy atom. The number of nitrogens with one attached hydrogen (secondary N) is 2. The maximum Gasteiger partial charge on any atom is 0.408 e. The summed E-state index contributed by atoms with van der Waals surface area (Å²) in [4.78, 5) is 42.3. The van der Waals surface area contributed by atoms with Crippen molar-refractivity contribution >= 4 is 28.8 Å². The van der Waals surface area contributed by atoms with Gasteiger partial charge in [-0.2, -0.15) is 0 Å². The van der Waals surface area contributed by atoms with Crippen LogP contribution < -0.4 is 11.1 Å². The third-order valence-corrected chi connectivity index (χ3v) is 6.11. The molecule has 4 N–H and O–H groups in total. The summed E-state index contributed by atoms with van der Waals surface area (Å²) in [6.45, 7) is 0.972. The Morgan fingerprint density at radius 1 is 1.06 bits per heavy atom. The average Bonchev–Trinajstić information content (AvgIpc) is 3.25. The zero-order valence-corrected chi connectivity index (χ0v) is 18.3. The van der Waals surface area contributed by atoms with Crippen LogP contribution in [-0.2, 0) is 27.4 Å². The van der Waals surface area contributed by atoms with Crippen molar-refractivity contribution in [1.82, 2.24) is 15.2 Å². The van der Waals surface area contributed by atoms with Crippen LogP contribution in [0.15, 0.2) is 60.8 Å². The highest BCUT2D eigenvalue weighted by Crippen LogP contribution is 2.22. The molecule has 2 aromatic carbocycles. The number of carbonyl (C=O) groups is 3. The Labute approximate surface area is 192 Å². The molecule has 0 aliphatic carbocycles. The molecule has 8 heteroatoms. The molecule has 2 heterocycles. The number of ether oxygens (including phenoxy) is 1. The fourth-order valence-electron chi connectivity index (χ4n) is 4.23. The summed E-state index contributed by atoms with van der Waals surface area (Å²) in [7, 11) is 0. The first-order valence-electron chi connectivity index (χ1n) is 11.1. The number of hydrogen-bond donors (Lipinski definition) is 3. The minimum Gasteiger partial charge on any atom is -0.445 e. The Hall–Kier alpha value is -3.81. The molecule has 1 aliphatic rings. The Bertz CT molecular complexity index is 1120. The second kappa shape index (κ2) is 10.2. The van der Waals surface area contributed by atoms with E-state index >= 15 is 0 Å². The normalized spacial score (nSPS) is 15.2. The Kier molecular flexibility index (Phi) is 6.92. The first kappa shape index (κ1) is 22.4. The number of alkyl carbamates (subject to hydrolysis) is 1. The number of H-pyrrole nitrogens is 1. The molecule has 0 spiro atoms. The van der Waals surface area contributed by atoms with Crippen LogP contribution in [0.2, 0.25) is 0 Å². The van der Waals surface area contributed by atoms with Crippen LogP contribution >= 0.6 is 0 Å². The number of amides is 3. The number of nitrogens with zero attached hydrogens (tertiary/aromatic N) is 1. The van der Waals surface area contributed by atoms with Crippen molar-refractivity contribution in [2.45, 2.75) is 31.9 Å². The maximum absolute atomic E-state index is 13.4. The summed E-state index contributed by atoms with van der Waals surface area (Å²) in [5, 5.41) is 3.77. The average molecular weight is 449 g/mol. The van der Waals surface area contributed by atoms with Crippen LogP contribution in [0.1, 0.15) is 24.0 Å². The predicted octanol–water partition coefficient (Wildman–Crippen LogP) is 2.73. The van der Waals surface area contributed by atoms with E-state index in [0.29, 0.717) is 32.4 Å². The molecule has 4 rings (SSSR count). The molecule has 0 unspecified atom stereocenters. The lowest BCUT2D eigenvalue weighted by molar-refractivity contribution is -0.136. The fraction of sp³-hybridized carbons (Fsp3) is 0.320. The van der Waals surface area contributed by atoms with E-state index in [1.807, 2.05) is 60.8 Å². The zero-order chi connectivity index (χ0) is 23.2. The molecule has 33 heavy (non-hydrogen) atoms. The van der Waals surface area contributed by atoms with Gasteiger partial charge < -0.3 is 25.7 Å². The van der Waals surface area contributed by atoms with Gasteiger partial charge in [0, 0.05) is 42.5 Å². The number of hydrogen-bond acceptors (Lipinski definition) is 4. The van der Waals surface area contributed by atoms with E-state index in [-0.39, 0.29) is 24.3 Å². The van der Waals surface area contributed by atoms with Gasteiger partial charge >= 0.3 is 6.09 Å². The van der Waals surface area contributed by atoms with Crippen LogP contribution in [0.25, 0.3) is 10.9 Å². The van der Waals surface area contributed by atoms with Gasteiger partial charge in [-0.25, -0.2) is 4.79 Å². The largest absolute Gasteiger partial charge is 0.445 e. The number of primary amides is 1. The highest BCUT2D eigenvalue weighted by atomic mass is 16.5. The number of para-hydroxylation sites is 1. The maximum atomic E-state index is 13.4. The number of likely N-dealkylation sites (tertiary alicyclic amines) is 1. The smallest absolute Gasteiger partial charge is 0.408 e. The van der Waals surface area contributed by atoms with Crippen molar-refractivity contribution in [2.75, 3.05) is 13.1 Å². The van der Waals surface area contributed by atoms with Gasteiger partial charge in [-0.05, 0) is 30.0 Å². The van der Waals surface area contributed by atoms with E-state index in [2.05, 4.69) is 10.3 Å². The molecule has 1 aromatic heterocycles. The van der Waals surface area contributed by atoms with Gasteiger partial charge in [0.25, 0.3) is 0 Å². The van der Waals surface area contributed by atoms with Gasteiger partial charge in [-0.15, -0.1) is 0 Å². The minimum absolute atomic E-state index is 0.116. The lowest BCUT2D eigenvalue weighted by atomic mass is 9.95. The minimum atomic E-state index is -0.794. The van der Waals surface area contributed by atoms with Crippen LogP contribution in [0.5, 0.6) is 0 Å². The zero-order valence-electron chi connectivity index (χ0n) is 18.3. The molecule has 1 saturated heterocycles. The number of nitrogens with two attached hydrogens (primary N) is 1. The molecule has 1 fully saturated rings. The number of piperidine rings is 1. The SMILES string of the molecule is NC(=O)C1CCN(C(=O)[C@@H](Cc2c[nH]c3ccccc23)NC(=O)OCc2ccccc2)CC1. The van der Waals surface area contributed by atoms with E-state index < -0.39 is 12.1 Å². The summed E-state index contributed by atoms with van der Waals surface area (Å²) >= 11 is 0. The molecule has 172 valence electrons. The molecular weight excluding hydrogens is 420 g/mol. The molecular formula is C25H28N4O4. The quantitative estimate of drug-likeness (QED) is 0.515. The molecule has 0 bridgehead atoms. The predicted molar refractivity (Wildman–Crippen MR) is 124 cm³/mol. The third-order valence-electron chi connectivity index (χ3n) is 6.11. The summed E-state index contributed by atoms with van der Waals surface area (Å²) < 4.78 is 5.36. The topological polar surface area (TPSA) is 118 Å². The second-order valence-electron chi connectivity index (χ2n) is 8.32. The van der Waals surface area contributed by atoms with Crippen LogP contribution in [0.4, 0.5) is 4.79 Å². The van der Waals surface area contributed by atoms with Crippen molar-refractivity contribution < 1.29 is 19.1 Å². The summed E-state index contributed by atoms with van der Waals surface area (Å²) in [6.07, 6.45) is 2.59. The van der Waals surface area contributed by atoms with Gasteiger partial charge in [0.1, 0.15) is 12.6 Å². The van der Waals surface area contributed by atoms with Crippen LogP contribution in [0, 0.1) is 5.92 Å². The molecule has 0 saturated carbocycles. The van der Waals surface area contributed by atoms with Crippen molar-refractivity contribution in [3.63, 3.8) is 0 Å².